The smallest absolute Gasteiger partial charge is 0.208 e. The van der Waals surface area contributed by atoms with Gasteiger partial charge in [-0.25, -0.2) is 8.42 Å². The molecule has 0 aromatic heterocycles. The zero-order valence-corrected chi connectivity index (χ0v) is 13.9. The first-order valence-corrected chi connectivity index (χ1v) is 8.93. The first-order chi connectivity index (χ1) is 11.6. The van der Waals surface area contributed by atoms with Gasteiger partial charge < -0.3 is 0 Å². The maximum Gasteiger partial charge on any atom is 0.208 e. The molecule has 3 rings (SSSR count). The average molecular weight is 336 g/mol. The number of hydrogen-bond acceptors (Lipinski definition) is 4. The number of rotatable bonds is 4. The van der Waals surface area contributed by atoms with Crippen LogP contribution in [0.1, 0.15) is 5.56 Å². The predicted molar refractivity (Wildman–Crippen MR) is 93.7 cm³/mol. The van der Waals surface area contributed by atoms with Gasteiger partial charge in [-0.3, -0.25) is 0 Å². The highest BCUT2D eigenvalue weighted by atomic mass is 32.2. The standard InChI is InChI=1S/C19H16N2O2S/c1-15-8-7-11-17(14-15)24(22,23)19-13-6-5-12-18(19)21-20-16-9-3-2-4-10-16/h2-14H,1H3. The molecule has 0 saturated heterocycles. The number of sulfone groups is 1. The van der Waals surface area contributed by atoms with Crippen molar-refractivity contribution in [1.29, 1.82) is 0 Å². The molecular formula is C19H16N2O2S. The van der Waals surface area contributed by atoms with E-state index in [1.54, 1.807) is 54.6 Å². The van der Waals surface area contributed by atoms with Crippen molar-refractivity contribution in [3.05, 3.63) is 84.4 Å². The molecule has 5 heteroatoms. The van der Waals surface area contributed by atoms with Crippen molar-refractivity contribution in [1.82, 2.24) is 0 Å². The van der Waals surface area contributed by atoms with Crippen LogP contribution >= 0.6 is 0 Å². The van der Waals surface area contributed by atoms with Crippen molar-refractivity contribution in [3.63, 3.8) is 0 Å². The van der Waals surface area contributed by atoms with E-state index in [0.29, 0.717) is 11.4 Å². The number of hydrogen-bond donors (Lipinski definition) is 0. The van der Waals surface area contributed by atoms with Crippen molar-refractivity contribution in [2.24, 2.45) is 10.2 Å². The van der Waals surface area contributed by atoms with Gasteiger partial charge in [-0.15, -0.1) is 5.11 Å². The van der Waals surface area contributed by atoms with Gasteiger partial charge in [-0.1, -0.05) is 42.5 Å². The van der Waals surface area contributed by atoms with Gasteiger partial charge in [0.15, 0.2) is 0 Å². The fourth-order valence-electron chi connectivity index (χ4n) is 2.28. The van der Waals surface area contributed by atoms with E-state index in [9.17, 15) is 8.42 Å². The second kappa shape index (κ2) is 6.76. The molecule has 24 heavy (non-hydrogen) atoms. The van der Waals surface area contributed by atoms with E-state index in [2.05, 4.69) is 10.2 Å². The fraction of sp³-hybridized carbons (Fsp3) is 0.0526. The van der Waals surface area contributed by atoms with Crippen LogP contribution in [0.15, 0.2) is 98.9 Å². The zero-order valence-electron chi connectivity index (χ0n) is 13.1. The van der Waals surface area contributed by atoms with Crippen LogP contribution in [0.2, 0.25) is 0 Å². The van der Waals surface area contributed by atoms with Crippen LogP contribution in [-0.2, 0) is 9.84 Å². The van der Waals surface area contributed by atoms with Crippen molar-refractivity contribution in [2.75, 3.05) is 0 Å². The summed E-state index contributed by atoms with van der Waals surface area (Å²) in [4.78, 5) is 0.403. The Labute approximate surface area is 141 Å². The molecule has 4 nitrogen and oxygen atoms in total. The van der Waals surface area contributed by atoms with Crippen LogP contribution in [0.4, 0.5) is 11.4 Å². The van der Waals surface area contributed by atoms with Gasteiger partial charge in [0.25, 0.3) is 0 Å². The second-order valence-corrected chi connectivity index (χ2v) is 7.24. The van der Waals surface area contributed by atoms with Crippen LogP contribution in [0.5, 0.6) is 0 Å². The molecule has 0 amide bonds. The minimum atomic E-state index is -3.65. The van der Waals surface area contributed by atoms with Gasteiger partial charge in [0.2, 0.25) is 9.84 Å². The Morgan fingerprint density at radius 2 is 1.46 bits per heavy atom. The number of nitrogens with zero attached hydrogens (tertiary/aromatic N) is 2. The Morgan fingerprint density at radius 1 is 0.750 bits per heavy atom. The van der Waals surface area contributed by atoms with E-state index in [0.717, 1.165) is 5.56 Å². The summed E-state index contributed by atoms with van der Waals surface area (Å²) in [6.45, 7) is 1.86. The molecule has 0 radical (unpaired) electrons. The van der Waals surface area contributed by atoms with Crippen LogP contribution in [-0.4, -0.2) is 8.42 Å². The molecule has 0 fully saturated rings. The average Bonchev–Trinajstić information content (AvgIpc) is 2.61. The third kappa shape index (κ3) is 3.41. The number of azo groups is 1. The Hall–Kier alpha value is -2.79. The molecule has 0 aliphatic rings. The summed E-state index contributed by atoms with van der Waals surface area (Å²) < 4.78 is 25.8. The van der Waals surface area contributed by atoms with E-state index in [4.69, 9.17) is 0 Å². The molecule has 0 aliphatic heterocycles. The van der Waals surface area contributed by atoms with Crippen LogP contribution < -0.4 is 0 Å². The molecule has 0 N–H and O–H groups in total. The quantitative estimate of drug-likeness (QED) is 0.611. The van der Waals surface area contributed by atoms with Gasteiger partial charge >= 0.3 is 0 Å². The number of benzene rings is 3. The monoisotopic (exact) mass is 336 g/mol. The van der Waals surface area contributed by atoms with Gasteiger partial charge in [0, 0.05) is 0 Å². The van der Waals surface area contributed by atoms with Crippen molar-refractivity contribution in [2.45, 2.75) is 16.7 Å². The maximum atomic E-state index is 12.9. The van der Waals surface area contributed by atoms with Crippen LogP contribution in [0.3, 0.4) is 0 Å². The molecule has 3 aromatic carbocycles. The Kier molecular flexibility index (Phi) is 4.53. The van der Waals surface area contributed by atoms with Gasteiger partial charge in [-0.2, -0.15) is 5.11 Å². The first kappa shape index (κ1) is 16.1. The molecule has 0 unspecified atom stereocenters. The molecule has 0 bridgehead atoms. The predicted octanol–water partition coefficient (Wildman–Crippen LogP) is 5.24. The summed E-state index contributed by atoms with van der Waals surface area (Å²) in [5.74, 6) is 0. The molecule has 0 heterocycles. The first-order valence-electron chi connectivity index (χ1n) is 7.45. The normalized spacial score (nSPS) is 11.7. The molecule has 0 aliphatic carbocycles. The van der Waals surface area contributed by atoms with E-state index < -0.39 is 9.84 Å². The third-order valence-corrected chi connectivity index (χ3v) is 5.28. The SMILES string of the molecule is Cc1cccc(S(=O)(=O)c2ccccc2N=Nc2ccccc2)c1. The summed E-state index contributed by atoms with van der Waals surface area (Å²) in [6, 6.07) is 22.7. The Balaban J connectivity index is 2.05. The van der Waals surface area contributed by atoms with E-state index in [-0.39, 0.29) is 9.79 Å². The number of aryl methyl sites for hydroxylation is 1. The topological polar surface area (TPSA) is 58.9 Å². The summed E-state index contributed by atoms with van der Waals surface area (Å²) >= 11 is 0. The maximum absolute atomic E-state index is 12.9. The van der Waals surface area contributed by atoms with Crippen LogP contribution in [0.25, 0.3) is 0 Å². The van der Waals surface area contributed by atoms with Gasteiger partial charge in [0.1, 0.15) is 5.69 Å². The lowest BCUT2D eigenvalue weighted by Crippen LogP contribution is -2.02. The van der Waals surface area contributed by atoms with Crippen molar-refractivity contribution in [3.8, 4) is 0 Å². The van der Waals surface area contributed by atoms with E-state index in [1.807, 2.05) is 31.2 Å². The summed E-state index contributed by atoms with van der Waals surface area (Å²) in [7, 11) is -3.65. The Bertz CT molecular complexity index is 981. The highest BCUT2D eigenvalue weighted by molar-refractivity contribution is 7.91. The lowest BCUT2D eigenvalue weighted by atomic mass is 10.2. The summed E-state index contributed by atoms with van der Waals surface area (Å²) in [5, 5.41) is 8.26. The summed E-state index contributed by atoms with van der Waals surface area (Å²) in [5.41, 5.74) is 1.88. The molecule has 0 spiro atoms. The lowest BCUT2D eigenvalue weighted by Gasteiger charge is -2.07. The second-order valence-electron chi connectivity index (χ2n) is 5.32. The zero-order chi connectivity index (χ0) is 17.0. The minimum absolute atomic E-state index is 0.148. The van der Waals surface area contributed by atoms with Crippen molar-refractivity contribution >= 4 is 21.2 Å². The molecule has 0 saturated carbocycles. The highest BCUT2D eigenvalue weighted by Gasteiger charge is 2.21. The molecule has 120 valence electrons. The Morgan fingerprint density at radius 3 is 2.21 bits per heavy atom. The highest BCUT2D eigenvalue weighted by Crippen LogP contribution is 2.31. The van der Waals surface area contributed by atoms with Crippen molar-refractivity contribution < 1.29 is 8.42 Å². The summed E-state index contributed by atoms with van der Waals surface area (Å²) in [6.07, 6.45) is 0. The van der Waals surface area contributed by atoms with Crippen LogP contribution in [0, 0.1) is 6.92 Å². The molecule has 3 aromatic rings. The van der Waals surface area contributed by atoms with Gasteiger partial charge in [0.05, 0.1) is 15.5 Å². The van der Waals surface area contributed by atoms with E-state index >= 15 is 0 Å². The minimum Gasteiger partial charge on any atom is -0.218 e. The van der Waals surface area contributed by atoms with E-state index in [1.165, 1.54) is 0 Å². The lowest BCUT2D eigenvalue weighted by molar-refractivity contribution is 0.596. The van der Waals surface area contributed by atoms with Gasteiger partial charge in [-0.05, 0) is 48.9 Å². The molecular weight excluding hydrogens is 320 g/mol. The molecule has 0 atom stereocenters. The largest absolute Gasteiger partial charge is 0.218 e. The fourth-order valence-corrected chi connectivity index (χ4v) is 3.78. The third-order valence-electron chi connectivity index (χ3n) is 3.48.